The lowest BCUT2D eigenvalue weighted by Gasteiger charge is -2.20. The molecule has 0 unspecified atom stereocenters. The summed E-state index contributed by atoms with van der Waals surface area (Å²) < 4.78 is 17.6. The molecule has 0 aliphatic carbocycles. The second-order valence-electron chi connectivity index (χ2n) is 5.96. The molecule has 6 nitrogen and oxygen atoms in total. The molecule has 1 atom stereocenters. The third kappa shape index (κ3) is 3.75. The summed E-state index contributed by atoms with van der Waals surface area (Å²) in [6.07, 6.45) is 3.46. The molecule has 0 spiro atoms. The molecule has 3 rings (SSSR count). The normalized spacial score (nSPS) is 12.1. The number of carbonyl (C=O) groups is 1. The van der Waals surface area contributed by atoms with Gasteiger partial charge in [-0.1, -0.05) is 29.5 Å². The lowest BCUT2D eigenvalue weighted by atomic mass is 10.1. The van der Waals surface area contributed by atoms with Gasteiger partial charge in [0.1, 0.15) is 17.7 Å². The predicted octanol–water partition coefficient (Wildman–Crippen LogP) is 2.39. The fraction of sp³-hybridized carbons (Fsp3) is 0.278. The maximum Gasteiger partial charge on any atom is 0.307 e. The zero-order chi connectivity index (χ0) is 18.7. The van der Waals surface area contributed by atoms with E-state index in [1.807, 2.05) is 6.92 Å². The molecule has 3 aromatic rings. The minimum absolute atomic E-state index is 0.0925. The molecule has 2 aromatic heterocycles. The van der Waals surface area contributed by atoms with Crippen LogP contribution in [0, 0.1) is 12.7 Å². The van der Waals surface area contributed by atoms with E-state index in [1.54, 1.807) is 52.2 Å². The van der Waals surface area contributed by atoms with Gasteiger partial charge in [-0.25, -0.2) is 9.37 Å². The van der Waals surface area contributed by atoms with Crippen molar-refractivity contribution in [3.8, 4) is 0 Å². The van der Waals surface area contributed by atoms with Crippen LogP contribution >= 0.6 is 11.3 Å². The van der Waals surface area contributed by atoms with Crippen LogP contribution in [0.3, 0.4) is 0 Å². The first kappa shape index (κ1) is 18.1. The van der Waals surface area contributed by atoms with Crippen molar-refractivity contribution in [2.24, 2.45) is 7.05 Å². The average Bonchev–Trinajstić information content (AvgIpc) is 3.17. The van der Waals surface area contributed by atoms with E-state index in [0.717, 1.165) is 17.0 Å². The monoisotopic (exact) mass is 374 g/mol. The Kier molecular flexibility index (Phi) is 5.32. The predicted molar refractivity (Wildman–Crippen MR) is 97.5 cm³/mol. The van der Waals surface area contributed by atoms with Crippen LogP contribution in [-0.2, 0) is 18.4 Å². The van der Waals surface area contributed by atoms with Gasteiger partial charge in [0.15, 0.2) is 0 Å². The summed E-state index contributed by atoms with van der Waals surface area (Å²) in [7, 11) is 1.79. The molecule has 2 heterocycles. The second kappa shape index (κ2) is 7.65. The Bertz CT molecular complexity index is 975. The number of hydrogen-bond acceptors (Lipinski definition) is 4. The van der Waals surface area contributed by atoms with Crippen LogP contribution in [0.1, 0.15) is 29.5 Å². The van der Waals surface area contributed by atoms with E-state index in [9.17, 15) is 14.0 Å². The molecule has 0 bridgehead atoms. The van der Waals surface area contributed by atoms with Crippen LogP contribution in [-0.4, -0.2) is 20.0 Å². The van der Waals surface area contributed by atoms with Gasteiger partial charge in [-0.2, -0.15) is 0 Å². The van der Waals surface area contributed by atoms with Gasteiger partial charge in [0.25, 0.3) is 0 Å². The molecular formula is C18H19FN4O2S. The average molecular weight is 374 g/mol. The highest BCUT2D eigenvalue weighted by molar-refractivity contribution is 7.07. The van der Waals surface area contributed by atoms with Gasteiger partial charge in [0.2, 0.25) is 5.91 Å². The molecule has 136 valence electrons. The number of carbonyl (C=O) groups excluding carboxylic acids is 1. The van der Waals surface area contributed by atoms with E-state index in [0.29, 0.717) is 11.4 Å². The molecule has 1 aromatic carbocycles. The Hall–Kier alpha value is -2.74. The van der Waals surface area contributed by atoms with Gasteiger partial charge < -0.3 is 14.5 Å². The van der Waals surface area contributed by atoms with E-state index in [2.05, 4.69) is 10.3 Å². The summed E-state index contributed by atoms with van der Waals surface area (Å²) in [5.41, 5.74) is 1.17. The Morgan fingerprint density at radius 2 is 2.15 bits per heavy atom. The zero-order valence-corrected chi connectivity index (χ0v) is 15.3. The number of nitrogens with one attached hydrogen (secondary N) is 1. The fourth-order valence-corrected chi connectivity index (χ4v) is 3.53. The lowest BCUT2D eigenvalue weighted by Crippen LogP contribution is -2.32. The summed E-state index contributed by atoms with van der Waals surface area (Å²) in [5, 5.41) is 4.60. The SMILES string of the molecule is Cc1csc(=O)n1CCC(=O)N[C@H](c1ccccc1F)c1nccn1C. The Labute approximate surface area is 153 Å². The maximum atomic E-state index is 14.3. The molecule has 8 heteroatoms. The Morgan fingerprint density at radius 3 is 2.77 bits per heavy atom. The standard InChI is InChI=1S/C18H19FN4O2S/c1-12-11-26-18(25)23(12)9-7-15(24)21-16(17-20-8-10-22(17)2)13-5-3-4-6-14(13)19/h3-6,8,10-11,16H,7,9H2,1-2H3,(H,21,24)/t16-/m1/s1. The highest BCUT2D eigenvalue weighted by atomic mass is 32.1. The highest BCUT2D eigenvalue weighted by Crippen LogP contribution is 2.23. The number of amides is 1. The van der Waals surface area contributed by atoms with Gasteiger partial charge in [0.05, 0.1) is 0 Å². The van der Waals surface area contributed by atoms with Crippen molar-refractivity contribution in [2.45, 2.75) is 25.9 Å². The van der Waals surface area contributed by atoms with E-state index < -0.39 is 11.9 Å². The van der Waals surface area contributed by atoms with E-state index in [1.165, 1.54) is 6.07 Å². The van der Waals surface area contributed by atoms with Crippen molar-refractivity contribution >= 4 is 17.2 Å². The molecule has 0 saturated heterocycles. The molecule has 1 amide bonds. The fourth-order valence-electron chi connectivity index (χ4n) is 2.77. The van der Waals surface area contributed by atoms with Crippen molar-refractivity contribution in [1.82, 2.24) is 19.4 Å². The van der Waals surface area contributed by atoms with Crippen molar-refractivity contribution in [2.75, 3.05) is 0 Å². The lowest BCUT2D eigenvalue weighted by molar-refractivity contribution is -0.121. The number of aromatic nitrogens is 3. The quantitative estimate of drug-likeness (QED) is 0.720. The molecule has 1 N–H and O–H groups in total. The second-order valence-corrected chi connectivity index (χ2v) is 6.78. The summed E-state index contributed by atoms with van der Waals surface area (Å²) in [6, 6.07) is 5.59. The first-order chi connectivity index (χ1) is 12.5. The Morgan fingerprint density at radius 1 is 1.38 bits per heavy atom. The van der Waals surface area contributed by atoms with Gasteiger partial charge in [-0.05, 0) is 13.0 Å². The van der Waals surface area contributed by atoms with Crippen LogP contribution in [0.2, 0.25) is 0 Å². The smallest absolute Gasteiger partial charge is 0.307 e. The minimum atomic E-state index is -0.705. The van der Waals surface area contributed by atoms with Gasteiger partial charge in [-0.15, -0.1) is 0 Å². The highest BCUT2D eigenvalue weighted by Gasteiger charge is 2.23. The molecular weight excluding hydrogens is 355 g/mol. The van der Waals surface area contributed by atoms with Crippen LogP contribution in [0.15, 0.2) is 46.8 Å². The number of hydrogen-bond donors (Lipinski definition) is 1. The van der Waals surface area contributed by atoms with Crippen molar-refractivity contribution in [1.29, 1.82) is 0 Å². The van der Waals surface area contributed by atoms with Gasteiger partial charge in [0, 0.05) is 49.0 Å². The number of benzene rings is 1. The molecule has 0 aliphatic heterocycles. The minimum Gasteiger partial charge on any atom is -0.342 e. The first-order valence-corrected chi connectivity index (χ1v) is 9.01. The van der Waals surface area contributed by atoms with E-state index >= 15 is 0 Å². The number of aryl methyl sites for hydroxylation is 2. The summed E-state index contributed by atoms with van der Waals surface area (Å²) in [5.74, 6) is -0.156. The molecule has 26 heavy (non-hydrogen) atoms. The van der Waals surface area contributed by atoms with Crippen molar-refractivity contribution < 1.29 is 9.18 Å². The number of imidazole rings is 1. The van der Waals surface area contributed by atoms with Crippen molar-refractivity contribution in [3.63, 3.8) is 0 Å². The van der Waals surface area contributed by atoms with Crippen molar-refractivity contribution in [3.05, 3.63) is 74.6 Å². The summed E-state index contributed by atoms with van der Waals surface area (Å²) >= 11 is 1.11. The van der Waals surface area contributed by atoms with E-state index in [4.69, 9.17) is 0 Å². The topological polar surface area (TPSA) is 68.9 Å². The summed E-state index contributed by atoms with van der Waals surface area (Å²) in [4.78, 5) is 28.4. The number of rotatable bonds is 6. The third-order valence-electron chi connectivity index (χ3n) is 4.18. The zero-order valence-electron chi connectivity index (χ0n) is 14.5. The van der Waals surface area contributed by atoms with Crippen LogP contribution in [0.5, 0.6) is 0 Å². The number of thiazole rings is 1. The molecule has 0 radical (unpaired) electrons. The molecule has 0 aliphatic rings. The van der Waals surface area contributed by atoms with Crippen LogP contribution < -0.4 is 10.2 Å². The van der Waals surface area contributed by atoms with Crippen LogP contribution in [0.25, 0.3) is 0 Å². The third-order valence-corrected chi connectivity index (χ3v) is 5.06. The van der Waals surface area contributed by atoms with E-state index in [-0.39, 0.29) is 23.7 Å². The Balaban J connectivity index is 1.80. The maximum absolute atomic E-state index is 14.3. The first-order valence-electron chi connectivity index (χ1n) is 8.13. The molecule has 0 fully saturated rings. The van der Waals surface area contributed by atoms with Gasteiger partial charge >= 0.3 is 4.87 Å². The number of nitrogens with zero attached hydrogens (tertiary/aromatic N) is 3. The largest absolute Gasteiger partial charge is 0.342 e. The molecule has 0 saturated carbocycles. The number of halogens is 1. The van der Waals surface area contributed by atoms with Crippen LogP contribution in [0.4, 0.5) is 4.39 Å². The summed E-state index contributed by atoms with van der Waals surface area (Å²) in [6.45, 7) is 2.11. The van der Waals surface area contributed by atoms with Gasteiger partial charge in [-0.3, -0.25) is 9.59 Å².